The Morgan fingerprint density at radius 2 is 1.97 bits per heavy atom. The van der Waals surface area contributed by atoms with Gasteiger partial charge in [-0.3, -0.25) is 14.4 Å². The van der Waals surface area contributed by atoms with E-state index in [1.54, 1.807) is 6.20 Å². The first-order chi connectivity index (χ1) is 15.1. The van der Waals surface area contributed by atoms with Crippen LogP contribution < -0.4 is 21.7 Å². The summed E-state index contributed by atoms with van der Waals surface area (Å²) < 4.78 is 0.678. The number of carbonyl (C=O) groups excluding carboxylic acids is 2. The number of nitrogens with two attached hydrogens (primary N) is 1. The van der Waals surface area contributed by atoms with Gasteiger partial charge in [-0.1, -0.05) is 12.1 Å². The number of rotatable bonds is 12. The zero-order chi connectivity index (χ0) is 23.7. The maximum atomic E-state index is 12.0. The van der Waals surface area contributed by atoms with E-state index in [-0.39, 0.29) is 6.42 Å². The Kier molecular flexibility index (Phi) is 8.94. The molecule has 0 fully saturated rings. The quantitative estimate of drug-likeness (QED) is 0.216. The number of carboxylic acids is 1. The second kappa shape index (κ2) is 11.4. The molecule has 0 bridgehead atoms. The van der Waals surface area contributed by atoms with Gasteiger partial charge in [0.05, 0.1) is 4.47 Å². The number of hydrogen-bond donors (Lipinski definition) is 5. The molecule has 2 aromatic rings. The van der Waals surface area contributed by atoms with E-state index in [0.29, 0.717) is 42.2 Å². The molecular formula is C21H27BrN6O4. The summed E-state index contributed by atoms with van der Waals surface area (Å²) in [4.78, 5) is 42.8. The molecule has 0 spiro atoms. The van der Waals surface area contributed by atoms with Crippen LogP contribution in [-0.4, -0.2) is 45.9 Å². The fourth-order valence-electron chi connectivity index (χ4n) is 2.57. The van der Waals surface area contributed by atoms with Crippen LogP contribution in [0.4, 0.5) is 17.5 Å². The SMILES string of the molecule is CC(C)(C(N)=O)C(=O)NCCCNc1nc(Nc2cccc(CCC(=O)O)c2)ncc1Br. The summed E-state index contributed by atoms with van der Waals surface area (Å²) in [5, 5.41) is 17.8. The minimum Gasteiger partial charge on any atom is -0.481 e. The fourth-order valence-corrected chi connectivity index (χ4v) is 2.90. The van der Waals surface area contributed by atoms with Crippen LogP contribution in [0.25, 0.3) is 0 Å². The highest BCUT2D eigenvalue weighted by atomic mass is 79.9. The molecule has 0 saturated carbocycles. The summed E-state index contributed by atoms with van der Waals surface area (Å²) in [5.74, 6) is -0.974. The average molecular weight is 507 g/mol. The number of benzene rings is 1. The van der Waals surface area contributed by atoms with Crippen molar-refractivity contribution in [1.29, 1.82) is 0 Å². The second-order valence-electron chi connectivity index (χ2n) is 7.63. The van der Waals surface area contributed by atoms with Gasteiger partial charge in [0.15, 0.2) is 0 Å². The van der Waals surface area contributed by atoms with Crippen molar-refractivity contribution in [2.24, 2.45) is 11.1 Å². The van der Waals surface area contributed by atoms with Crippen molar-refractivity contribution >= 4 is 51.2 Å². The van der Waals surface area contributed by atoms with Crippen molar-refractivity contribution in [1.82, 2.24) is 15.3 Å². The van der Waals surface area contributed by atoms with Crippen molar-refractivity contribution < 1.29 is 19.5 Å². The number of halogens is 1. The summed E-state index contributed by atoms with van der Waals surface area (Å²) in [6, 6.07) is 7.41. The molecule has 0 saturated heterocycles. The second-order valence-corrected chi connectivity index (χ2v) is 8.49. The molecule has 0 aliphatic heterocycles. The van der Waals surface area contributed by atoms with E-state index in [2.05, 4.69) is 41.8 Å². The van der Waals surface area contributed by atoms with Crippen LogP contribution in [0.3, 0.4) is 0 Å². The third-order valence-electron chi connectivity index (χ3n) is 4.67. The maximum absolute atomic E-state index is 12.0. The van der Waals surface area contributed by atoms with Crippen LogP contribution in [0.5, 0.6) is 0 Å². The molecule has 32 heavy (non-hydrogen) atoms. The molecule has 0 radical (unpaired) electrons. The van der Waals surface area contributed by atoms with E-state index in [4.69, 9.17) is 10.8 Å². The van der Waals surface area contributed by atoms with E-state index in [1.165, 1.54) is 13.8 Å². The molecule has 1 aromatic carbocycles. The molecule has 0 atom stereocenters. The standard InChI is InChI=1S/C21H27BrN6O4/c1-21(2,18(23)31)19(32)25-10-4-9-24-17-15(22)12-26-20(28-17)27-14-6-3-5-13(11-14)7-8-16(29)30/h3,5-6,11-12H,4,7-10H2,1-2H3,(H2,23,31)(H,25,32)(H,29,30)(H2,24,26,27,28). The minimum atomic E-state index is -1.26. The molecule has 6 N–H and O–H groups in total. The molecule has 0 aliphatic rings. The van der Waals surface area contributed by atoms with Crippen LogP contribution in [0, 0.1) is 5.41 Å². The monoisotopic (exact) mass is 506 g/mol. The lowest BCUT2D eigenvalue weighted by Gasteiger charge is -2.19. The summed E-state index contributed by atoms with van der Waals surface area (Å²) in [6.45, 7) is 3.87. The molecule has 1 heterocycles. The Balaban J connectivity index is 1.89. The zero-order valence-electron chi connectivity index (χ0n) is 17.9. The van der Waals surface area contributed by atoms with Gasteiger partial charge in [0.1, 0.15) is 11.2 Å². The predicted octanol–water partition coefficient (Wildman–Crippen LogP) is 2.43. The summed E-state index contributed by atoms with van der Waals surface area (Å²) in [5.41, 5.74) is 5.63. The molecule has 11 heteroatoms. The van der Waals surface area contributed by atoms with Gasteiger partial charge in [-0.05, 0) is 60.3 Å². The molecule has 2 rings (SSSR count). The number of carboxylic acid groups (broad SMARTS) is 1. The number of nitrogens with zero attached hydrogens (tertiary/aromatic N) is 2. The van der Waals surface area contributed by atoms with Crippen molar-refractivity contribution in [2.45, 2.75) is 33.1 Å². The number of aryl methyl sites for hydroxylation is 1. The Bertz CT molecular complexity index is 983. The third-order valence-corrected chi connectivity index (χ3v) is 5.25. The zero-order valence-corrected chi connectivity index (χ0v) is 19.5. The molecule has 10 nitrogen and oxygen atoms in total. The number of nitrogens with one attached hydrogen (secondary N) is 3. The summed E-state index contributed by atoms with van der Waals surface area (Å²) in [6.07, 6.45) is 2.72. The van der Waals surface area contributed by atoms with Crippen LogP contribution in [-0.2, 0) is 20.8 Å². The lowest BCUT2D eigenvalue weighted by atomic mass is 9.91. The number of carbonyl (C=O) groups is 3. The van der Waals surface area contributed by atoms with Crippen molar-refractivity contribution in [3.05, 3.63) is 40.5 Å². The van der Waals surface area contributed by atoms with Crippen molar-refractivity contribution in [3.63, 3.8) is 0 Å². The first-order valence-electron chi connectivity index (χ1n) is 10.0. The average Bonchev–Trinajstić information content (AvgIpc) is 2.74. The van der Waals surface area contributed by atoms with Crippen molar-refractivity contribution in [3.8, 4) is 0 Å². The number of anilines is 3. The van der Waals surface area contributed by atoms with E-state index in [0.717, 1.165) is 11.3 Å². The largest absolute Gasteiger partial charge is 0.481 e. The highest BCUT2D eigenvalue weighted by molar-refractivity contribution is 9.10. The predicted molar refractivity (Wildman–Crippen MR) is 125 cm³/mol. The van der Waals surface area contributed by atoms with Gasteiger partial charge >= 0.3 is 5.97 Å². The highest BCUT2D eigenvalue weighted by Gasteiger charge is 2.33. The van der Waals surface area contributed by atoms with Crippen molar-refractivity contribution in [2.75, 3.05) is 23.7 Å². The normalized spacial score (nSPS) is 11.0. The van der Waals surface area contributed by atoms with E-state index in [9.17, 15) is 14.4 Å². The Hall–Kier alpha value is -3.21. The number of aliphatic carboxylic acids is 1. The Morgan fingerprint density at radius 3 is 2.66 bits per heavy atom. The minimum absolute atomic E-state index is 0.0623. The molecular weight excluding hydrogens is 480 g/mol. The van der Waals surface area contributed by atoms with Crippen LogP contribution >= 0.6 is 15.9 Å². The van der Waals surface area contributed by atoms with Gasteiger partial charge in [0.25, 0.3) is 0 Å². The first-order valence-corrected chi connectivity index (χ1v) is 10.8. The lowest BCUT2D eigenvalue weighted by molar-refractivity contribution is -0.139. The number of hydrogen-bond acceptors (Lipinski definition) is 7. The molecule has 172 valence electrons. The van der Waals surface area contributed by atoms with Gasteiger partial charge in [-0.25, -0.2) is 4.98 Å². The Morgan fingerprint density at radius 1 is 1.22 bits per heavy atom. The van der Waals surface area contributed by atoms with Crippen LogP contribution in [0.15, 0.2) is 34.9 Å². The van der Waals surface area contributed by atoms with Gasteiger partial charge in [-0.15, -0.1) is 0 Å². The van der Waals surface area contributed by atoms with E-state index >= 15 is 0 Å². The molecule has 2 amide bonds. The van der Waals surface area contributed by atoms with Gasteiger partial charge in [-0.2, -0.15) is 4.98 Å². The molecule has 0 aliphatic carbocycles. The van der Waals surface area contributed by atoms with Crippen LogP contribution in [0.2, 0.25) is 0 Å². The van der Waals surface area contributed by atoms with E-state index in [1.807, 2.05) is 24.3 Å². The number of aromatic nitrogens is 2. The van der Waals surface area contributed by atoms with Gasteiger partial charge in [0.2, 0.25) is 17.8 Å². The lowest BCUT2D eigenvalue weighted by Crippen LogP contribution is -2.46. The van der Waals surface area contributed by atoms with Crippen LogP contribution in [0.1, 0.15) is 32.3 Å². The summed E-state index contributed by atoms with van der Waals surface area (Å²) in [7, 11) is 0. The molecule has 0 unspecified atom stereocenters. The van der Waals surface area contributed by atoms with Gasteiger partial charge < -0.3 is 26.8 Å². The molecule has 1 aromatic heterocycles. The third kappa shape index (κ3) is 7.49. The highest BCUT2D eigenvalue weighted by Crippen LogP contribution is 2.22. The Labute approximate surface area is 194 Å². The fraction of sp³-hybridized carbons (Fsp3) is 0.381. The first kappa shape index (κ1) is 25.1. The number of amides is 2. The topological polar surface area (TPSA) is 159 Å². The van der Waals surface area contributed by atoms with Gasteiger partial charge in [0, 0.05) is 31.4 Å². The number of primary amides is 1. The van der Waals surface area contributed by atoms with E-state index < -0.39 is 23.2 Å². The summed E-state index contributed by atoms with van der Waals surface area (Å²) >= 11 is 3.40. The smallest absolute Gasteiger partial charge is 0.303 e. The maximum Gasteiger partial charge on any atom is 0.303 e.